The summed E-state index contributed by atoms with van der Waals surface area (Å²) in [5, 5.41) is 9.45. The van der Waals surface area contributed by atoms with Crippen LogP contribution in [0.5, 0.6) is 17.2 Å². The molecule has 0 unspecified atom stereocenters. The van der Waals surface area contributed by atoms with Gasteiger partial charge in [0.1, 0.15) is 5.75 Å². The molecular formula is C23H44O2. The van der Waals surface area contributed by atoms with E-state index in [4.69, 9.17) is 4.74 Å². The lowest BCUT2D eigenvalue weighted by Crippen LogP contribution is -1.83. The van der Waals surface area contributed by atoms with Crippen LogP contribution in [0.1, 0.15) is 76.7 Å². The molecule has 0 aromatic heterocycles. The van der Waals surface area contributed by atoms with Gasteiger partial charge in [-0.1, -0.05) is 107 Å². The van der Waals surface area contributed by atoms with Crippen LogP contribution < -0.4 is 4.74 Å². The molecule has 0 radical (unpaired) electrons. The maximum Gasteiger partial charge on any atom is 0.169 e. The van der Waals surface area contributed by atoms with Gasteiger partial charge in [-0.25, -0.2) is 0 Å². The Kier molecular flexibility index (Phi) is 46.2. The van der Waals surface area contributed by atoms with E-state index in [1.165, 1.54) is 0 Å². The van der Waals surface area contributed by atoms with Gasteiger partial charge in [-0.15, -0.1) is 0 Å². The Balaban J connectivity index is -0.000000105. The smallest absolute Gasteiger partial charge is 0.169 e. The van der Waals surface area contributed by atoms with E-state index in [1.54, 1.807) is 18.2 Å². The zero-order chi connectivity index (χ0) is 19.8. The summed E-state index contributed by atoms with van der Waals surface area (Å²) in [6, 6.07) is 16.3. The number of phenols is 1. The van der Waals surface area contributed by atoms with E-state index >= 15 is 0 Å². The van der Waals surface area contributed by atoms with Crippen LogP contribution in [0.25, 0.3) is 0 Å². The fourth-order valence-electron chi connectivity index (χ4n) is 1.16. The number of hydrogen-bond donors (Lipinski definition) is 1. The maximum atomic E-state index is 9.45. The average molecular weight is 353 g/mol. The summed E-state index contributed by atoms with van der Waals surface area (Å²) in [5.74, 6) is 1.34. The molecule has 0 heterocycles. The quantitative estimate of drug-likeness (QED) is 0.584. The van der Waals surface area contributed by atoms with E-state index in [0.29, 0.717) is 11.5 Å². The Morgan fingerprint density at radius 1 is 0.560 bits per heavy atom. The van der Waals surface area contributed by atoms with Crippen LogP contribution >= 0.6 is 0 Å². The highest BCUT2D eigenvalue weighted by molar-refractivity contribution is 5.41. The summed E-state index contributed by atoms with van der Waals surface area (Å²) in [4.78, 5) is 0. The molecule has 0 aliphatic heterocycles. The van der Waals surface area contributed by atoms with E-state index in [-0.39, 0.29) is 13.2 Å². The van der Waals surface area contributed by atoms with Crippen molar-refractivity contribution in [2.45, 2.75) is 76.7 Å². The first kappa shape index (κ1) is 34.4. The SMILES string of the molecule is C.CC.CC.CC.CC.CC.Oc1ccccc1Oc1ccccc1. The van der Waals surface area contributed by atoms with Crippen molar-refractivity contribution in [2.24, 2.45) is 0 Å². The highest BCUT2D eigenvalue weighted by Crippen LogP contribution is 2.29. The van der Waals surface area contributed by atoms with E-state index < -0.39 is 0 Å². The second-order valence-electron chi connectivity index (χ2n) is 2.88. The minimum absolute atomic E-state index is 0. The first-order valence-corrected chi connectivity index (χ1v) is 9.37. The lowest BCUT2D eigenvalue weighted by atomic mass is 10.3. The molecule has 2 aromatic carbocycles. The maximum absolute atomic E-state index is 9.45. The summed E-state index contributed by atoms with van der Waals surface area (Å²) < 4.78 is 5.46. The molecule has 0 aliphatic carbocycles. The van der Waals surface area contributed by atoms with Crippen LogP contribution in [-0.2, 0) is 0 Å². The Labute approximate surface area is 158 Å². The predicted octanol–water partition coefficient (Wildman–Crippen LogP) is 8.95. The lowest BCUT2D eigenvalue weighted by Gasteiger charge is -2.06. The average Bonchev–Trinajstić information content (AvgIpc) is 2.72. The Morgan fingerprint density at radius 2 is 0.920 bits per heavy atom. The van der Waals surface area contributed by atoms with Gasteiger partial charge < -0.3 is 9.84 Å². The minimum atomic E-state index is 0. The predicted molar refractivity (Wildman–Crippen MR) is 118 cm³/mol. The third-order valence-electron chi connectivity index (χ3n) is 1.84. The molecule has 0 spiro atoms. The number of hydrogen-bond acceptors (Lipinski definition) is 2. The molecule has 2 heteroatoms. The molecule has 0 atom stereocenters. The van der Waals surface area contributed by atoms with Crippen molar-refractivity contribution in [1.29, 1.82) is 0 Å². The molecule has 2 aromatic rings. The van der Waals surface area contributed by atoms with Crippen molar-refractivity contribution in [3.8, 4) is 17.2 Å². The lowest BCUT2D eigenvalue weighted by molar-refractivity contribution is 0.411. The Bertz CT molecular complexity index is 411. The van der Waals surface area contributed by atoms with Gasteiger partial charge in [-0.3, -0.25) is 0 Å². The van der Waals surface area contributed by atoms with Crippen molar-refractivity contribution in [1.82, 2.24) is 0 Å². The zero-order valence-electron chi connectivity index (χ0n) is 17.6. The number of rotatable bonds is 2. The topological polar surface area (TPSA) is 29.5 Å². The minimum Gasteiger partial charge on any atom is -0.504 e. The Morgan fingerprint density at radius 3 is 1.32 bits per heavy atom. The van der Waals surface area contributed by atoms with Crippen LogP contribution in [-0.4, -0.2) is 5.11 Å². The molecular weight excluding hydrogens is 308 g/mol. The molecule has 25 heavy (non-hydrogen) atoms. The first-order valence-electron chi connectivity index (χ1n) is 9.37. The molecule has 0 saturated heterocycles. The number of para-hydroxylation sites is 3. The van der Waals surface area contributed by atoms with Crippen molar-refractivity contribution >= 4 is 0 Å². The van der Waals surface area contributed by atoms with Gasteiger partial charge in [-0.05, 0) is 24.3 Å². The fourth-order valence-corrected chi connectivity index (χ4v) is 1.16. The van der Waals surface area contributed by atoms with Crippen LogP contribution in [0.15, 0.2) is 54.6 Å². The van der Waals surface area contributed by atoms with Gasteiger partial charge >= 0.3 is 0 Å². The number of phenolic OH excluding ortho intramolecular Hbond substituents is 1. The van der Waals surface area contributed by atoms with Crippen molar-refractivity contribution < 1.29 is 9.84 Å². The summed E-state index contributed by atoms with van der Waals surface area (Å²) in [6.45, 7) is 20.0. The van der Waals surface area contributed by atoms with Crippen molar-refractivity contribution in [3.05, 3.63) is 54.6 Å². The molecule has 0 amide bonds. The molecule has 0 fully saturated rings. The van der Waals surface area contributed by atoms with Crippen molar-refractivity contribution in [2.75, 3.05) is 0 Å². The largest absolute Gasteiger partial charge is 0.504 e. The monoisotopic (exact) mass is 352 g/mol. The van der Waals surface area contributed by atoms with Gasteiger partial charge in [0.2, 0.25) is 0 Å². The molecule has 0 aliphatic rings. The van der Waals surface area contributed by atoms with E-state index in [9.17, 15) is 5.11 Å². The van der Waals surface area contributed by atoms with Crippen LogP contribution in [0, 0.1) is 0 Å². The fraction of sp³-hybridized carbons (Fsp3) is 0.478. The summed E-state index contributed by atoms with van der Waals surface area (Å²) in [5.41, 5.74) is 0. The van der Waals surface area contributed by atoms with Gasteiger partial charge in [0.05, 0.1) is 0 Å². The third kappa shape index (κ3) is 20.0. The third-order valence-corrected chi connectivity index (χ3v) is 1.84. The van der Waals surface area contributed by atoms with Gasteiger partial charge in [0, 0.05) is 0 Å². The number of benzene rings is 2. The number of ether oxygens (including phenoxy) is 1. The van der Waals surface area contributed by atoms with E-state index in [1.807, 2.05) is 106 Å². The highest BCUT2D eigenvalue weighted by atomic mass is 16.5. The highest BCUT2D eigenvalue weighted by Gasteiger charge is 2.00. The molecule has 0 bridgehead atoms. The van der Waals surface area contributed by atoms with Crippen molar-refractivity contribution in [3.63, 3.8) is 0 Å². The normalized spacial score (nSPS) is 6.64. The molecule has 1 N–H and O–H groups in total. The number of aromatic hydroxyl groups is 1. The zero-order valence-corrected chi connectivity index (χ0v) is 17.6. The molecule has 148 valence electrons. The summed E-state index contributed by atoms with van der Waals surface area (Å²) in [6.07, 6.45) is 0. The molecule has 2 rings (SSSR count). The second kappa shape index (κ2) is 33.6. The molecule has 2 nitrogen and oxygen atoms in total. The summed E-state index contributed by atoms with van der Waals surface area (Å²) in [7, 11) is 0. The molecule has 0 saturated carbocycles. The Hall–Kier alpha value is -1.96. The van der Waals surface area contributed by atoms with Gasteiger partial charge in [-0.2, -0.15) is 0 Å². The van der Waals surface area contributed by atoms with E-state index in [2.05, 4.69) is 0 Å². The van der Waals surface area contributed by atoms with Crippen LogP contribution in [0.4, 0.5) is 0 Å². The summed E-state index contributed by atoms with van der Waals surface area (Å²) >= 11 is 0. The van der Waals surface area contributed by atoms with Gasteiger partial charge in [0.25, 0.3) is 0 Å². The first-order chi connectivity index (χ1) is 11.9. The van der Waals surface area contributed by atoms with Gasteiger partial charge in [0.15, 0.2) is 11.5 Å². The standard InChI is InChI=1S/C12H10O2.5C2H6.CH4/c13-11-8-4-5-9-12(11)14-10-6-2-1-3-7-10;5*1-2;/h1-9,13H;5*1-2H3;1H4. The van der Waals surface area contributed by atoms with Crippen LogP contribution in [0.2, 0.25) is 0 Å². The second-order valence-corrected chi connectivity index (χ2v) is 2.88. The van der Waals surface area contributed by atoms with Crippen LogP contribution in [0.3, 0.4) is 0 Å². The van der Waals surface area contributed by atoms with E-state index in [0.717, 1.165) is 0 Å².